The van der Waals surface area contributed by atoms with Gasteiger partial charge in [0.2, 0.25) is 0 Å². The fourth-order valence-corrected chi connectivity index (χ4v) is 2.86. The van der Waals surface area contributed by atoms with Crippen molar-refractivity contribution >= 4 is 28.0 Å². The van der Waals surface area contributed by atoms with E-state index in [1.54, 1.807) is 20.8 Å². The Bertz CT molecular complexity index is 596. The highest BCUT2D eigenvalue weighted by atomic mass is 32.2. The van der Waals surface area contributed by atoms with Gasteiger partial charge < -0.3 is 10.1 Å². The summed E-state index contributed by atoms with van der Waals surface area (Å²) in [5.41, 5.74) is -0.626. The van der Waals surface area contributed by atoms with Gasteiger partial charge in [0.05, 0.1) is 18.9 Å². The number of alkyl carbamates (subject to hydrolysis) is 1. The lowest BCUT2D eigenvalue weighted by Gasteiger charge is -2.23. The number of carbonyl (C=O) groups excluding carboxylic acids is 1. The van der Waals surface area contributed by atoms with Crippen LogP contribution in [0.1, 0.15) is 20.8 Å². The molecule has 1 aromatic rings. The summed E-state index contributed by atoms with van der Waals surface area (Å²) in [6.45, 7) is 5.13. The minimum absolute atomic E-state index is 0.141. The van der Waals surface area contributed by atoms with Crippen molar-refractivity contribution in [3.05, 3.63) is 30.3 Å². The monoisotopic (exact) mass is 361 g/mol. The molecule has 23 heavy (non-hydrogen) atoms. The van der Waals surface area contributed by atoms with Gasteiger partial charge in [-0.1, -0.05) is 18.2 Å². The molecule has 0 saturated heterocycles. The van der Waals surface area contributed by atoms with Crippen LogP contribution in [0.5, 0.6) is 0 Å². The molecule has 6 nitrogen and oxygen atoms in total. The molecule has 0 fully saturated rings. The Balaban J connectivity index is 2.62. The lowest BCUT2D eigenvalue weighted by molar-refractivity contribution is 0.0495. The normalized spacial score (nSPS) is 13.4. The number of hydrogen-bond donors (Lipinski definition) is 1. The van der Waals surface area contributed by atoms with Gasteiger partial charge in [0.1, 0.15) is 5.60 Å². The molecule has 0 radical (unpaired) electrons. The maximum atomic E-state index is 11.9. The molecule has 1 atom stereocenters. The molecule has 8 heteroatoms. The molecule has 1 amide bonds. The Morgan fingerprint density at radius 3 is 2.39 bits per heavy atom. The van der Waals surface area contributed by atoms with Crippen molar-refractivity contribution in [2.45, 2.75) is 37.3 Å². The minimum atomic E-state index is -3.57. The van der Waals surface area contributed by atoms with E-state index in [0.717, 1.165) is 11.2 Å². The summed E-state index contributed by atoms with van der Waals surface area (Å²) in [7, 11) is -3.57. The zero-order valence-corrected chi connectivity index (χ0v) is 15.4. The van der Waals surface area contributed by atoms with Crippen molar-refractivity contribution in [3.63, 3.8) is 0 Å². The van der Waals surface area contributed by atoms with Crippen LogP contribution in [0.4, 0.5) is 4.79 Å². The van der Waals surface area contributed by atoms with Crippen molar-refractivity contribution in [2.24, 2.45) is 0 Å². The van der Waals surface area contributed by atoms with E-state index in [-0.39, 0.29) is 6.61 Å². The van der Waals surface area contributed by atoms with Gasteiger partial charge in [-0.25, -0.2) is 4.79 Å². The van der Waals surface area contributed by atoms with Crippen molar-refractivity contribution < 1.29 is 22.1 Å². The predicted octanol–water partition coefficient (Wildman–Crippen LogP) is 2.65. The average molecular weight is 361 g/mol. The second-order valence-electron chi connectivity index (χ2n) is 5.96. The number of amides is 1. The van der Waals surface area contributed by atoms with Crippen LogP contribution >= 0.6 is 11.8 Å². The minimum Gasteiger partial charge on any atom is -0.444 e. The van der Waals surface area contributed by atoms with Gasteiger partial charge >= 0.3 is 6.09 Å². The first kappa shape index (κ1) is 19.8. The van der Waals surface area contributed by atoms with Gasteiger partial charge in [0, 0.05) is 10.6 Å². The van der Waals surface area contributed by atoms with Crippen LogP contribution < -0.4 is 5.32 Å². The number of benzene rings is 1. The van der Waals surface area contributed by atoms with Crippen molar-refractivity contribution in [1.82, 2.24) is 5.32 Å². The van der Waals surface area contributed by atoms with Crippen LogP contribution in [0, 0.1) is 0 Å². The topological polar surface area (TPSA) is 81.7 Å². The fraction of sp³-hybridized carbons (Fsp3) is 0.533. The van der Waals surface area contributed by atoms with E-state index in [9.17, 15) is 13.2 Å². The van der Waals surface area contributed by atoms with Gasteiger partial charge in [-0.3, -0.25) is 4.18 Å². The number of thioether (sulfide) groups is 1. The van der Waals surface area contributed by atoms with E-state index < -0.39 is 27.9 Å². The highest BCUT2D eigenvalue weighted by Crippen LogP contribution is 2.18. The first-order chi connectivity index (χ1) is 10.6. The van der Waals surface area contributed by atoms with Crippen molar-refractivity contribution in [2.75, 3.05) is 18.6 Å². The molecule has 0 aromatic heterocycles. The lowest BCUT2D eigenvalue weighted by atomic mass is 10.2. The number of nitrogens with one attached hydrogen (secondary N) is 1. The first-order valence-corrected chi connectivity index (χ1v) is 9.87. The Kier molecular flexibility index (Phi) is 7.37. The summed E-state index contributed by atoms with van der Waals surface area (Å²) in [5.74, 6) is 0.457. The fourth-order valence-electron chi connectivity index (χ4n) is 1.52. The summed E-state index contributed by atoms with van der Waals surface area (Å²) >= 11 is 1.49. The van der Waals surface area contributed by atoms with E-state index in [4.69, 9.17) is 8.92 Å². The zero-order chi connectivity index (χ0) is 17.5. The van der Waals surface area contributed by atoms with E-state index in [1.165, 1.54) is 11.8 Å². The van der Waals surface area contributed by atoms with Gasteiger partial charge in [0.15, 0.2) is 0 Å². The molecule has 0 aliphatic carbocycles. The SMILES string of the molecule is CC(C)(C)OC(=O)NC(COS(C)(=O)=O)CSc1ccccc1. The summed E-state index contributed by atoms with van der Waals surface area (Å²) in [4.78, 5) is 12.9. The Hall–Kier alpha value is -1.25. The predicted molar refractivity (Wildman–Crippen MR) is 91.1 cm³/mol. The molecular formula is C15H23NO5S2. The molecule has 1 unspecified atom stereocenters. The van der Waals surface area contributed by atoms with Crippen LogP contribution in [0.15, 0.2) is 35.2 Å². The maximum absolute atomic E-state index is 11.9. The third-order valence-corrected chi connectivity index (χ3v) is 4.14. The molecular weight excluding hydrogens is 338 g/mol. The van der Waals surface area contributed by atoms with Crippen LogP contribution in [0.2, 0.25) is 0 Å². The summed E-state index contributed by atoms with van der Waals surface area (Å²) < 4.78 is 32.3. The van der Waals surface area contributed by atoms with Crippen molar-refractivity contribution in [3.8, 4) is 0 Å². The van der Waals surface area contributed by atoms with Crippen LogP contribution in [-0.4, -0.2) is 44.8 Å². The molecule has 0 heterocycles. The van der Waals surface area contributed by atoms with Gasteiger partial charge in [-0.05, 0) is 32.9 Å². The largest absolute Gasteiger partial charge is 0.444 e. The molecule has 0 saturated carbocycles. The number of carbonyl (C=O) groups is 1. The van der Waals surface area contributed by atoms with E-state index in [2.05, 4.69) is 5.32 Å². The van der Waals surface area contributed by atoms with E-state index >= 15 is 0 Å². The Morgan fingerprint density at radius 1 is 1.26 bits per heavy atom. The zero-order valence-electron chi connectivity index (χ0n) is 13.7. The molecule has 1 rings (SSSR count). The third-order valence-electron chi connectivity index (χ3n) is 2.40. The van der Waals surface area contributed by atoms with Gasteiger partial charge in [0.25, 0.3) is 10.1 Å². The summed E-state index contributed by atoms with van der Waals surface area (Å²) in [5, 5.41) is 2.64. The van der Waals surface area contributed by atoms with E-state index in [0.29, 0.717) is 5.75 Å². The van der Waals surface area contributed by atoms with Crippen molar-refractivity contribution in [1.29, 1.82) is 0 Å². The molecule has 0 aliphatic rings. The highest BCUT2D eigenvalue weighted by Gasteiger charge is 2.21. The number of rotatable bonds is 7. The summed E-state index contributed by atoms with van der Waals surface area (Å²) in [6.07, 6.45) is 0.371. The average Bonchev–Trinajstić information content (AvgIpc) is 2.40. The molecule has 0 spiro atoms. The smallest absolute Gasteiger partial charge is 0.407 e. The Morgan fingerprint density at radius 2 is 1.87 bits per heavy atom. The van der Waals surface area contributed by atoms with Gasteiger partial charge in [-0.15, -0.1) is 11.8 Å². The quantitative estimate of drug-likeness (QED) is 0.594. The lowest BCUT2D eigenvalue weighted by Crippen LogP contribution is -2.43. The summed E-state index contributed by atoms with van der Waals surface area (Å²) in [6, 6.07) is 9.11. The first-order valence-electron chi connectivity index (χ1n) is 7.07. The second kappa shape index (κ2) is 8.56. The highest BCUT2D eigenvalue weighted by molar-refractivity contribution is 7.99. The molecule has 130 valence electrons. The molecule has 1 aromatic carbocycles. The standard InChI is InChI=1S/C15H23NO5S2/c1-15(2,3)21-14(17)16-12(10-20-23(4,18)19)11-22-13-8-6-5-7-9-13/h5-9,12H,10-11H2,1-4H3,(H,16,17). The van der Waals surface area contributed by atoms with Crippen LogP contribution in [-0.2, 0) is 19.0 Å². The second-order valence-corrected chi connectivity index (χ2v) is 8.69. The molecule has 0 bridgehead atoms. The third kappa shape index (κ3) is 10.2. The van der Waals surface area contributed by atoms with Crippen LogP contribution in [0.25, 0.3) is 0 Å². The molecule has 0 aliphatic heterocycles. The number of hydrogen-bond acceptors (Lipinski definition) is 6. The Labute approximate surface area is 142 Å². The molecule has 1 N–H and O–H groups in total. The van der Waals surface area contributed by atoms with Crippen LogP contribution in [0.3, 0.4) is 0 Å². The van der Waals surface area contributed by atoms with E-state index in [1.807, 2.05) is 30.3 Å². The van der Waals surface area contributed by atoms with Gasteiger partial charge in [-0.2, -0.15) is 8.42 Å². The number of ether oxygens (including phenoxy) is 1. The maximum Gasteiger partial charge on any atom is 0.407 e.